The van der Waals surface area contributed by atoms with Gasteiger partial charge in [-0.3, -0.25) is 9.10 Å². The van der Waals surface area contributed by atoms with Crippen molar-refractivity contribution in [3.63, 3.8) is 0 Å². The fourth-order valence-corrected chi connectivity index (χ4v) is 3.51. The van der Waals surface area contributed by atoms with E-state index in [1.54, 1.807) is 36.4 Å². The van der Waals surface area contributed by atoms with Gasteiger partial charge >= 0.3 is 0 Å². The van der Waals surface area contributed by atoms with Crippen LogP contribution in [0, 0.1) is 0 Å². The molecule has 0 spiro atoms. The smallest absolute Gasteiger partial charge is 0.245 e. The second-order valence-electron chi connectivity index (χ2n) is 6.33. The van der Waals surface area contributed by atoms with Gasteiger partial charge in [0.15, 0.2) is 0 Å². The predicted molar refractivity (Wildman–Crippen MR) is 111 cm³/mol. The quantitative estimate of drug-likeness (QED) is 0.697. The molecule has 0 heterocycles. The van der Waals surface area contributed by atoms with Gasteiger partial charge in [0.2, 0.25) is 15.9 Å². The second kappa shape index (κ2) is 9.16. The van der Waals surface area contributed by atoms with Crippen molar-refractivity contribution in [1.29, 1.82) is 0 Å². The van der Waals surface area contributed by atoms with Gasteiger partial charge in [0, 0.05) is 16.8 Å². The lowest BCUT2D eigenvalue weighted by Gasteiger charge is -2.24. The lowest BCUT2D eigenvalue weighted by atomic mass is 10.2. The van der Waals surface area contributed by atoms with Crippen LogP contribution in [0.15, 0.2) is 42.5 Å². The van der Waals surface area contributed by atoms with E-state index in [-0.39, 0.29) is 17.5 Å². The summed E-state index contributed by atoms with van der Waals surface area (Å²) in [7, 11) is -2.36. The van der Waals surface area contributed by atoms with Crippen molar-refractivity contribution in [1.82, 2.24) is 0 Å². The highest BCUT2D eigenvalue weighted by molar-refractivity contribution is 7.92. The van der Waals surface area contributed by atoms with Gasteiger partial charge in [0.05, 0.1) is 25.2 Å². The highest BCUT2D eigenvalue weighted by atomic mass is 35.5. The maximum absolute atomic E-state index is 12.5. The van der Waals surface area contributed by atoms with Gasteiger partial charge in [0.25, 0.3) is 0 Å². The molecule has 0 aliphatic carbocycles. The Bertz CT molecular complexity index is 947. The van der Waals surface area contributed by atoms with Gasteiger partial charge in [-0.05, 0) is 44.2 Å². The Labute approximate surface area is 170 Å². The Hall–Kier alpha value is -2.45. The van der Waals surface area contributed by atoms with E-state index < -0.39 is 22.5 Å². The van der Waals surface area contributed by atoms with Gasteiger partial charge in [-0.2, -0.15) is 0 Å². The second-order valence-corrected chi connectivity index (χ2v) is 8.67. The third-order valence-electron chi connectivity index (χ3n) is 3.59. The van der Waals surface area contributed by atoms with Crippen molar-refractivity contribution in [2.75, 3.05) is 29.5 Å². The van der Waals surface area contributed by atoms with E-state index in [1.165, 1.54) is 13.2 Å². The Kier molecular flexibility index (Phi) is 7.15. The molecule has 0 radical (unpaired) electrons. The molecule has 2 rings (SSSR count). The lowest BCUT2D eigenvalue weighted by Crippen LogP contribution is -2.37. The minimum atomic E-state index is -3.77. The zero-order valence-electron chi connectivity index (χ0n) is 16.1. The number of hydrogen-bond acceptors (Lipinski definition) is 5. The van der Waals surface area contributed by atoms with E-state index in [4.69, 9.17) is 21.1 Å². The van der Waals surface area contributed by atoms with Crippen LogP contribution in [0.1, 0.15) is 13.8 Å². The first-order valence-electron chi connectivity index (χ1n) is 8.48. The molecule has 2 aromatic rings. The van der Waals surface area contributed by atoms with Gasteiger partial charge in [-0.15, -0.1) is 0 Å². The molecule has 0 atom stereocenters. The lowest BCUT2D eigenvalue weighted by molar-refractivity contribution is -0.114. The van der Waals surface area contributed by atoms with Crippen LogP contribution in [0.5, 0.6) is 11.5 Å². The monoisotopic (exact) mass is 426 g/mol. The van der Waals surface area contributed by atoms with E-state index in [2.05, 4.69) is 5.32 Å². The Morgan fingerprint density at radius 3 is 2.54 bits per heavy atom. The Morgan fingerprint density at radius 2 is 1.93 bits per heavy atom. The summed E-state index contributed by atoms with van der Waals surface area (Å²) in [5.41, 5.74) is 0.680. The van der Waals surface area contributed by atoms with Gasteiger partial charge in [0.1, 0.15) is 18.0 Å². The number of nitrogens with one attached hydrogen (secondary N) is 1. The molecule has 0 aliphatic heterocycles. The largest absolute Gasteiger partial charge is 0.495 e. The van der Waals surface area contributed by atoms with Gasteiger partial charge < -0.3 is 14.8 Å². The van der Waals surface area contributed by atoms with Crippen LogP contribution in [-0.4, -0.2) is 40.3 Å². The van der Waals surface area contributed by atoms with Crippen molar-refractivity contribution in [2.45, 2.75) is 20.0 Å². The highest BCUT2D eigenvalue weighted by Gasteiger charge is 2.24. The molecule has 1 amide bonds. The van der Waals surface area contributed by atoms with Gasteiger partial charge in [-0.1, -0.05) is 17.7 Å². The summed E-state index contributed by atoms with van der Waals surface area (Å²) in [6.07, 6.45) is 1.000. The van der Waals surface area contributed by atoms with Crippen molar-refractivity contribution < 1.29 is 22.7 Å². The zero-order valence-corrected chi connectivity index (χ0v) is 17.7. The SMILES string of the molecule is COc1ccc(Cl)cc1N(CC(=O)Nc1cccc(OC(C)C)c1)S(C)(=O)=O. The number of methoxy groups -OCH3 is 1. The number of benzene rings is 2. The number of nitrogens with zero attached hydrogens (tertiary/aromatic N) is 1. The van der Waals surface area contributed by atoms with Crippen LogP contribution in [0.3, 0.4) is 0 Å². The van der Waals surface area contributed by atoms with Crippen LogP contribution in [0.2, 0.25) is 5.02 Å². The van der Waals surface area contributed by atoms with Crippen LogP contribution in [-0.2, 0) is 14.8 Å². The minimum Gasteiger partial charge on any atom is -0.495 e. The third kappa shape index (κ3) is 6.03. The predicted octanol–water partition coefficient (Wildman–Crippen LogP) is 3.54. The summed E-state index contributed by atoms with van der Waals surface area (Å²) in [6, 6.07) is 11.4. The molecule has 0 bridgehead atoms. The van der Waals surface area contributed by atoms with Crippen LogP contribution < -0.4 is 19.1 Å². The third-order valence-corrected chi connectivity index (χ3v) is 4.95. The molecule has 28 heavy (non-hydrogen) atoms. The molecule has 0 aromatic heterocycles. The summed E-state index contributed by atoms with van der Waals surface area (Å²) in [5.74, 6) is 0.369. The van der Waals surface area contributed by atoms with Crippen molar-refractivity contribution >= 4 is 38.9 Å². The number of halogens is 1. The highest BCUT2D eigenvalue weighted by Crippen LogP contribution is 2.32. The summed E-state index contributed by atoms with van der Waals surface area (Å²) >= 11 is 6.00. The number of anilines is 2. The Balaban J connectivity index is 2.25. The summed E-state index contributed by atoms with van der Waals surface area (Å²) < 4.78 is 36.4. The average Bonchev–Trinajstić information content (AvgIpc) is 2.58. The number of carbonyl (C=O) groups excluding carboxylic acids is 1. The molecule has 2 aromatic carbocycles. The summed E-state index contributed by atoms with van der Waals surface area (Å²) in [6.45, 7) is 3.35. The number of ether oxygens (including phenoxy) is 2. The number of hydrogen-bond donors (Lipinski definition) is 1. The molecule has 7 nitrogen and oxygen atoms in total. The number of sulfonamides is 1. The molecule has 0 saturated carbocycles. The normalized spacial score (nSPS) is 11.2. The average molecular weight is 427 g/mol. The van der Waals surface area contributed by atoms with Gasteiger partial charge in [-0.25, -0.2) is 8.42 Å². The maximum atomic E-state index is 12.5. The molecule has 0 unspecified atom stereocenters. The number of amides is 1. The van der Waals surface area contributed by atoms with Crippen LogP contribution >= 0.6 is 11.6 Å². The first-order valence-corrected chi connectivity index (χ1v) is 10.7. The molecule has 1 N–H and O–H groups in total. The summed E-state index contributed by atoms with van der Waals surface area (Å²) in [5, 5.41) is 3.00. The van der Waals surface area contributed by atoms with Crippen LogP contribution in [0.4, 0.5) is 11.4 Å². The van der Waals surface area contributed by atoms with Crippen molar-refractivity contribution in [2.24, 2.45) is 0 Å². The molecule has 0 fully saturated rings. The maximum Gasteiger partial charge on any atom is 0.245 e. The molecular formula is C19H23ClN2O5S. The number of rotatable bonds is 8. The van der Waals surface area contributed by atoms with Crippen LogP contribution in [0.25, 0.3) is 0 Å². The first-order chi connectivity index (χ1) is 13.1. The van der Waals surface area contributed by atoms with E-state index in [0.29, 0.717) is 16.5 Å². The Morgan fingerprint density at radius 1 is 1.21 bits per heavy atom. The van der Waals surface area contributed by atoms with E-state index in [0.717, 1.165) is 10.6 Å². The zero-order chi connectivity index (χ0) is 20.9. The first kappa shape index (κ1) is 21.8. The van der Waals surface area contributed by atoms with E-state index in [9.17, 15) is 13.2 Å². The summed E-state index contributed by atoms with van der Waals surface area (Å²) in [4.78, 5) is 12.5. The molecule has 0 saturated heterocycles. The fourth-order valence-electron chi connectivity index (χ4n) is 2.49. The topological polar surface area (TPSA) is 84.9 Å². The molecule has 0 aliphatic rings. The van der Waals surface area contributed by atoms with E-state index >= 15 is 0 Å². The molecule has 152 valence electrons. The molecule has 9 heteroatoms. The van der Waals surface area contributed by atoms with E-state index in [1.807, 2.05) is 13.8 Å². The van der Waals surface area contributed by atoms with Crippen molar-refractivity contribution in [3.05, 3.63) is 47.5 Å². The molecular weight excluding hydrogens is 404 g/mol. The standard InChI is InChI=1S/C19H23ClN2O5S/c1-13(2)27-16-7-5-6-15(11-16)21-19(23)12-22(28(4,24)25)17-10-14(20)8-9-18(17)26-3/h5-11,13H,12H2,1-4H3,(H,21,23). The fraction of sp³-hybridized carbons (Fsp3) is 0.316. The number of carbonyl (C=O) groups is 1. The minimum absolute atomic E-state index is 0.0121. The van der Waals surface area contributed by atoms with Crippen molar-refractivity contribution in [3.8, 4) is 11.5 Å².